The van der Waals surface area contributed by atoms with Gasteiger partial charge in [-0.2, -0.15) is 0 Å². The van der Waals surface area contributed by atoms with Crippen molar-refractivity contribution >= 4 is 11.9 Å². The second kappa shape index (κ2) is 10.4. The van der Waals surface area contributed by atoms with Crippen molar-refractivity contribution in [2.24, 2.45) is 0 Å². The first-order valence-corrected chi connectivity index (χ1v) is 10.1. The van der Waals surface area contributed by atoms with Gasteiger partial charge < -0.3 is 18.9 Å². The van der Waals surface area contributed by atoms with Crippen molar-refractivity contribution in [3.05, 3.63) is 82.7 Å². The van der Waals surface area contributed by atoms with E-state index in [1.807, 2.05) is 51.1 Å². The molecule has 0 saturated heterocycles. The molecule has 0 atom stereocenters. The van der Waals surface area contributed by atoms with Crippen molar-refractivity contribution in [2.45, 2.75) is 33.9 Å². The van der Waals surface area contributed by atoms with Gasteiger partial charge in [-0.25, -0.2) is 4.79 Å². The number of likely N-dealkylation sites (N-methyl/N-ethyl adjacent to an activating group) is 1. The number of ether oxygens (including phenoxy) is 2. The van der Waals surface area contributed by atoms with E-state index in [1.54, 1.807) is 29.2 Å². The number of benzene rings is 2. The molecule has 0 radical (unpaired) electrons. The lowest BCUT2D eigenvalue weighted by atomic mass is 10.2. The number of aromatic nitrogens is 1. The zero-order chi connectivity index (χ0) is 22.2. The van der Waals surface area contributed by atoms with Crippen molar-refractivity contribution in [1.82, 2.24) is 10.1 Å². The fourth-order valence-corrected chi connectivity index (χ4v) is 3.03. The fraction of sp³-hybridized carbons (Fsp3) is 0.292. The summed E-state index contributed by atoms with van der Waals surface area (Å²) in [5, 5.41) is 3.90. The van der Waals surface area contributed by atoms with Crippen LogP contribution in [-0.2, 0) is 22.7 Å². The molecule has 0 N–H and O–H groups in total. The molecule has 1 amide bonds. The van der Waals surface area contributed by atoms with E-state index >= 15 is 0 Å². The van der Waals surface area contributed by atoms with Crippen LogP contribution in [0, 0.1) is 13.8 Å². The molecule has 1 aromatic heterocycles. The SMILES string of the molecule is CCN(Cc1ccccc1)C(=O)COC(=O)c1ccc(OCc2c(C)noc2C)cc1. The molecule has 3 aromatic rings. The van der Waals surface area contributed by atoms with Crippen LogP contribution in [0.3, 0.4) is 0 Å². The van der Waals surface area contributed by atoms with Crippen LogP contribution in [0.1, 0.15) is 39.9 Å². The van der Waals surface area contributed by atoms with E-state index in [2.05, 4.69) is 5.16 Å². The Hall–Kier alpha value is -3.61. The molecule has 162 valence electrons. The summed E-state index contributed by atoms with van der Waals surface area (Å²) >= 11 is 0. The Balaban J connectivity index is 1.50. The first-order valence-electron chi connectivity index (χ1n) is 10.1. The molecule has 0 spiro atoms. The van der Waals surface area contributed by atoms with E-state index in [0.717, 1.165) is 22.6 Å². The molecule has 0 aliphatic carbocycles. The zero-order valence-corrected chi connectivity index (χ0v) is 18.0. The van der Waals surface area contributed by atoms with Gasteiger partial charge in [0.2, 0.25) is 0 Å². The highest BCUT2D eigenvalue weighted by Crippen LogP contribution is 2.18. The van der Waals surface area contributed by atoms with E-state index in [9.17, 15) is 9.59 Å². The van der Waals surface area contributed by atoms with Gasteiger partial charge in [-0.1, -0.05) is 35.5 Å². The van der Waals surface area contributed by atoms with Gasteiger partial charge in [-0.3, -0.25) is 4.79 Å². The van der Waals surface area contributed by atoms with Gasteiger partial charge in [0.05, 0.1) is 16.8 Å². The molecule has 7 nitrogen and oxygen atoms in total. The van der Waals surface area contributed by atoms with Crippen LogP contribution < -0.4 is 4.74 Å². The average Bonchev–Trinajstić information content (AvgIpc) is 3.12. The van der Waals surface area contributed by atoms with E-state index in [0.29, 0.717) is 31.0 Å². The fourth-order valence-electron chi connectivity index (χ4n) is 3.03. The highest BCUT2D eigenvalue weighted by Gasteiger charge is 2.16. The van der Waals surface area contributed by atoms with Gasteiger partial charge in [0.15, 0.2) is 6.61 Å². The number of hydrogen-bond donors (Lipinski definition) is 0. The second-order valence-electron chi connectivity index (χ2n) is 7.09. The number of hydrogen-bond acceptors (Lipinski definition) is 6. The lowest BCUT2D eigenvalue weighted by molar-refractivity contribution is -0.134. The molecule has 0 saturated carbocycles. The second-order valence-corrected chi connectivity index (χ2v) is 7.09. The number of amides is 1. The Kier molecular flexibility index (Phi) is 7.43. The van der Waals surface area contributed by atoms with Crippen LogP contribution in [0.5, 0.6) is 5.75 Å². The third kappa shape index (κ3) is 5.94. The van der Waals surface area contributed by atoms with Crippen LogP contribution in [0.15, 0.2) is 59.1 Å². The molecular weight excluding hydrogens is 396 g/mol. The van der Waals surface area contributed by atoms with Crippen molar-refractivity contribution in [3.8, 4) is 5.75 Å². The zero-order valence-electron chi connectivity index (χ0n) is 18.0. The lowest BCUT2D eigenvalue weighted by Gasteiger charge is -2.20. The molecule has 0 fully saturated rings. The first kappa shape index (κ1) is 22.1. The van der Waals surface area contributed by atoms with Crippen molar-refractivity contribution in [2.75, 3.05) is 13.2 Å². The van der Waals surface area contributed by atoms with Gasteiger partial charge in [0.25, 0.3) is 5.91 Å². The molecule has 2 aromatic carbocycles. The Morgan fingerprint density at radius 3 is 2.35 bits per heavy atom. The van der Waals surface area contributed by atoms with Gasteiger partial charge >= 0.3 is 5.97 Å². The summed E-state index contributed by atoms with van der Waals surface area (Å²) in [7, 11) is 0. The van der Waals surface area contributed by atoms with E-state index in [4.69, 9.17) is 14.0 Å². The van der Waals surface area contributed by atoms with Gasteiger partial charge in [-0.15, -0.1) is 0 Å². The summed E-state index contributed by atoms with van der Waals surface area (Å²) in [4.78, 5) is 26.4. The van der Waals surface area contributed by atoms with Crippen molar-refractivity contribution < 1.29 is 23.6 Å². The Bertz CT molecular complexity index is 993. The summed E-state index contributed by atoms with van der Waals surface area (Å²) in [6.07, 6.45) is 0. The summed E-state index contributed by atoms with van der Waals surface area (Å²) < 4.78 is 16.1. The van der Waals surface area contributed by atoms with Crippen LogP contribution in [0.2, 0.25) is 0 Å². The molecule has 0 unspecified atom stereocenters. The normalized spacial score (nSPS) is 10.5. The molecule has 7 heteroatoms. The third-order valence-corrected chi connectivity index (χ3v) is 4.93. The Labute approximate surface area is 181 Å². The van der Waals surface area contributed by atoms with E-state index in [-0.39, 0.29) is 12.5 Å². The topological polar surface area (TPSA) is 81.9 Å². The van der Waals surface area contributed by atoms with E-state index < -0.39 is 5.97 Å². The first-order chi connectivity index (χ1) is 15.0. The van der Waals surface area contributed by atoms with Crippen molar-refractivity contribution in [3.63, 3.8) is 0 Å². The monoisotopic (exact) mass is 422 g/mol. The summed E-state index contributed by atoms with van der Waals surface area (Å²) in [5.74, 6) is 0.531. The molecule has 0 aliphatic rings. The maximum absolute atomic E-state index is 12.4. The predicted molar refractivity (Wildman–Crippen MR) is 115 cm³/mol. The molecule has 0 bridgehead atoms. The highest BCUT2D eigenvalue weighted by molar-refractivity contribution is 5.91. The maximum atomic E-state index is 12.4. The lowest BCUT2D eigenvalue weighted by Crippen LogP contribution is -2.34. The Morgan fingerprint density at radius 1 is 1.03 bits per heavy atom. The van der Waals surface area contributed by atoms with Gasteiger partial charge in [0.1, 0.15) is 18.1 Å². The third-order valence-electron chi connectivity index (χ3n) is 4.93. The van der Waals surface area contributed by atoms with Crippen LogP contribution in [-0.4, -0.2) is 35.1 Å². The van der Waals surface area contributed by atoms with E-state index in [1.165, 1.54) is 0 Å². The number of esters is 1. The Morgan fingerprint density at radius 2 is 1.74 bits per heavy atom. The molecule has 1 heterocycles. The molecule has 3 rings (SSSR count). The molecule has 0 aliphatic heterocycles. The minimum atomic E-state index is -0.554. The number of aryl methyl sites for hydroxylation is 2. The maximum Gasteiger partial charge on any atom is 0.338 e. The standard InChI is InChI=1S/C24H26N2O5/c1-4-26(14-19-8-6-5-7-9-19)23(27)16-30-24(28)20-10-12-21(13-11-20)29-15-22-17(2)25-31-18(22)3/h5-13H,4,14-16H2,1-3H3. The largest absolute Gasteiger partial charge is 0.489 e. The highest BCUT2D eigenvalue weighted by atomic mass is 16.5. The van der Waals surface area contributed by atoms with Crippen LogP contribution in [0.4, 0.5) is 0 Å². The van der Waals surface area contributed by atoms with Gasteiger partial charge in [-0.05, 0) is 50.6 Å². The van der Waals surface area contributed by atoms with Crippen LogP contribution >= 0.6 is 0 Å². The smallest absolute Gasteiger partial charge is 0.338 e. The van der Waals surface area contributed by atoms with Crippen LogP contribution in [0.25, 0.3) is 0 Å². The predicted octanol–water partition coefficient (Wildman–Crippen LogP) is 4.08. The quantitative estimate of drug-likeness (QED) is 0.484. The summed E-state index contributed by atoms with van der Waals surface area (Å²) in [6, 6.07) is 16.3. The summed E-state index contributed by atoms with van der Waals surface area (Å²) in [6.45, 7) is 6.61. The minimum Gasteiger partial charge on any atom is -0.489 e. The van der Waals surface area contributed by atoms with Gasteiger partial charge in [0, 0.05) is 13.1 Å². The molecular formula is C24H26N2O5. The number of carbonyl (C=O) groups excluding carboxylic acids is 2. The average molecular weight is 422 g/mol. The summed E-state index contributed by atoms with van der Waals surface area (Å²) in [5.41, 5.74) is 3.06. The minimum absolute atomic E-state index is 0.237. The van der Waals surface area contributed by atoms with Crippen molar-refractivity contribution in [1.29, 1.82) is 0 Å². The number of carbonyl (C=O) groups is 2. The molecule has 31 heavy (non-hydrogen) atoms. The number of nitrogens with zero attached hydrogens (tertiary/aromatic N) is 2. The number of rotatable bonds is 9.